The van der Waals surface area contributed by atoms with Crippen molar-refractivity contribution in [1.82, 2.24) is 0 Å². The zero-order valence-electron chi connectivity index (χ0n) is 18.6. The van der Waals surface area contributed by atoms with Crippen molar-refractivity contribution in [2.45, 2.75) is 32.6 Å². The van der Waals surface area contributed by atoms with Crippen LogP contribution in [0.25, 0.3) is 21.9 Å². The van der Waals surface area contributed by atoms with Crippen LogP contribution in [0.5, 0.6) is 5.75 Å². The Morgan fingerprint density at radius 2 is 1.64 bits per heavy atom. The fourth-order valence-electron chi connectivity index (χ4n) is 3.87. The van der Waals surface area contributed by atoms with Crippen molar-refractivity contribution in [1.29, 1.82) is 5.26 Å². The van der Waals surface area contributed by atoms with Crippen LogP contribution >= 0.6 is 0 Å². The largest absolute Gasteiger partial charge is 0.494 e. The fourth-order valence-corrected chi connectivity index (χ4v) is 3.87. The molecule has 4 heteroatoms. The van der Waals surface area contributed by atoms with Gasteiger partial charge in [0.1, 0.15) is 23.5 Å². The number of nitrogens with zero attached hydrogens (tertiary/aromatic N) is 1. The van der Waals surface area contributed by atoms with Gasteiger partial charge in [0, 0.05) is 5.39 Å². The highest BCUT2D eigenvalue weighted by atomic mass is 19.1. The van der Waals surface area contributed by atoms with Crippen molar-refractivity contribution in [3.8, 4) is 22.9 Å². The predicted octanol–water partition coefficient (Wildman–Crippen LogP) is 7.62. The summed E-state index contributed by atoms with van der Waals surface area (Å²) in [4.78, 5) is 0. The zero-order valence-corrected chi connectivity index (χ0v) is 18.6. The number of rotatable bonds is 8. The van der Waals surface area contributed by atoms with Crippen LogP contribution in [0.15, 0.2) is 72.8 Å². The van der Waals surface area contributed by atoms with Crippen molar-refractivity contribution >= 4 is 10.8 Å². The van der Waals surface area contributed by atoms with Gasteiger partial charge in [-0.2, -0.15) is 5.26 Å². The molecule has 0 fully saturated rings. The lowest BCUT2D eigenvalue weighted by Gasteiger charge is -2.10. The van der Waals surface area contributed by atoms with Gasteiger partial charge in [-0.15, -0.1) is 0 Å². The minimum absolute atomic E-state index is 0.0186. The molecule has 0 saturated heterocycles. The van der Waals surface area contributed by atoms with E-state index in [0.717, 1.165) is 40.7 Å². The molecule has 4 rings (SSSR count). The van der Waals surface area contributed by atoms with Gasteiger partial charge in [0.15, 0.2) is 0 Å². The highest BCUT2D eigenvalue weighted by Crippen LogP contribution is 2.29. The summed E-state index contributed by atoms with van der Waals surface area (Å²) in [5, 5.41) is 10.3. The lowest BCUT2D eigenvalue weighted by molar-refractivity contribution is 0.309. The third-order valence-electron chi connectivity index (χ3n) is 5.83. The molecule has 0 unspecified atom stereocenters. The third kappa shape index (κ3) is 5.21. The summed E-state index contributed by atoms with van der Waals surface area (Å²) in [6, 6.07) is 23.8. The molecule has 0 aliphatic heterocycles. The van der Waals surface area contributed by atoms with E-state index in [2.05, 4.69) is 6.92 Å². The number of hydrogen-bond acceptors (Lipinski definition) is 2. The molecular weight excluding hydrogens is 416 g/mol. The van der Waals surface area contributed by atoms with E-state index in [1.54, 1.807) is 12.1 Å². The van der Waals surface area contributed by atoms with Crippen LogP contribution in [-0.2, 0) is 12.8 Å². The van der Waals surface area contributed by atoms with E-state index in [1.807, 2.05) is 54.6 Å². The van der Waals surface area contributed by atoms with Gasteiger partial charge in [0.25, 0.3) is 0 Å². The molecule has 0 bridgehead atoms. The second-order valence-corrected chi connectivity index (χ2v) is 8.13. The molecular formula is C29H25F2NO. The Bertz CT molecular complexity index is 1310. The van der Waals surface area contributed by atoms with Crippen LogP contribution in [0.2, 0.25) is 0 Å². The van der Waals surface area contributed by atoms with Crippen LogP contribution < -0.4 is 4.74 Å². The Balaban J connectivity index is 1.50. The summed E-state index contributed by atoms with van der Waals surface area (Å²) in [6.07, 6.45) is 3.08. The highest BCUT2D eigenvalue weighted by Gasteiger charge is 2.10. The summed E-state index contributed by atoms with van der Waals surface area (Å²) in [5.74, 6) is 0.0701. The van der Waals surface area contributed by atoms with Crippen LogP contribution in [0.1, 0.15) is 36.5 Å². The van der Waals surface area contributed by atoms with Gasteiger partial charge in [-0.1, -0.05) is 55.8 Å². The van der Waals surface area contributed by atoms with Gasteiger partial charge in [-0.25, -0.2) is 8.78 Å². The molecule has 33 heavy (non-hydrogen) atoms. The minimum atomic E-state index is -0.540. The van der Waals surface area contributed by atoms with Crippen LogP contribution in [0, 0.1) is 23.0 Å². The Morgan fingerprint density at radius 1 is 0.848 bits per heavy atom. The number of ether oxygens (including phenoxy) is 1. The molecule has 4 aromatic carbocycles. The van der Waals surface area contributed by atoms with E-state index in [0.29, 0.717) is 30.4 Å². The quantitative estimate of drug-likeness (QED) is 0.264. The van der Waals surface area contributed by atoms with E-state index in [9.17, 15) is 4.39 Å². The molecule has 0 aromatic heterocycles. The molecule has 0 heterocycles. The van der Waals surface area contributed by atoms with E-state index < -0.39 is 5.82 Å². The van der Waals surface area contributed by atoms with Crippen molar-refractivity contribution in [2.75, 3.05) is 6.61 Å². The maximum Gasteiger partial charge on any atom is 0.141 e. The number of halogens is 2. The average Bonchev–Trinajstić information content (AvgIpc) is 2.84. The van der Waals surface area contributed by atoms with Gasteiger partial charge in [-0.3, -0.25) is 0 Å². The van der Waals surface area contributed by atoms with Gasteiger partial charge in [0.2, 0.25) is 0 Å². The normalized spacial score (nSPS) is 10.8. The standard InChI is InChI=1S/C29H25F2NO/c1-2-3-16-33-26-13-10-21(11-14-26)23-12-15-27-24(18-23)9-8-22(29(27)31)6-4-20-5-7-25(19-32)28(30)17-20/h5,7-15,17-18H,2-4,6,16H2,1H3. The molecule has 0 amide bonds. The number of fused-ring (bicyclic) bond motifs is 1. The number of nitriles is 1. The van der Waals surface area contributed by atoms with Crippen LogP contribution in [-0.4, -0.2) is 6.61 Å². The Kier molecular flexibility index (Phi) is 7.00. The smallest absolute Gasteiger partial charge is 0.141 e. The van der Waals surface area contributed by atoms with Gasteiger partial charge in [-0.05, 0) is 77.2 Å². The number of benzene rings is 4. The van der Waals surface area contributed by atoms with Crippen molar-refractivity contribution in [3.05, 3.63) is 101 Å². The van der Waals surface area contributed by atoms with Crippen molar-refractivity contribution < 1.29 is 13.5 Å². The minimum Gasteiger partial charge on any atom is -0.494 e. The molecule has 2 nitrogen and oxygen atoms in total. The molecule has 0 saturated carbocycles. The van der Waals surface area contributed by atoms with E-state index in [4.69, 9.17) is 10.00 Å². The zero-order chi connectivity index (χ0) is 23.2. The van der Waals surface area contributed by atoms with Crippen LogP contribution in [0.3, 0.4) is 0 Å². The van der Waals surface area contributed by atoms with E-state index >= 15 is 4.39 Å². The average molecular weight is 442 g/mol. The Hall–Kier alpha value is -3.71. The first-order valence-corrected chi connectivity index (χ1v) is 11.2. The lowest BCUT2D eigenvalue weighted by atomic mass is 9.97. The number of unbranched alkanes of at least 4 members (excludes halogenated alkanes) is 1. The van der Waals surface area contributed by atoms with Gasteiger partial charge >= 0.3 is 0 Å². The molecule has 0 spiro atoms. The van der Waals surface area contributed by atoms with Crippen molar-refractivity contribution in [3.63, 3.8) is 0 Å². The summed E-state index contributed by atoms with van der Waals surface area (Å²) < 4.78 is 34.7. The Labute approximate surface area is 193 Å². The first kappa shape index (κ1) is 22.5. The van der Waals surface area contributed by atoms with Gasteiger partial charge in [0.05, 0.1) is 12.2 Å². The number of aryl methyl sites for hydroxylation is 2. The predicted molar refractivity (Wildman–Crippen MR) is 128 cm³/mol. The van der Waals surface area contributed by atoms with Crippen molar-refractivity contribution in [2.24, 2.45) is 0 Å². The number of hydrogen-bond donors (Lipinski definition) is 0. The molecule has 0 radical (unpaired) electrons. The third-order valence-corrected chi connectivity index (χ3v) is 5.83. The van der Waals surface area contributed by atoms with E-state index in [-0.39, 0.29) is 11.4 Å². The fraction of sp³-hybridized carbons (Fsp3) is 0.207. The van der Waals surface area contributed by atoms with Gasteiger partial charge < -0.3 is 4.74 Å². The second kappa shape index (κ2) is 10.3. The summed E-state index contributed by atoms with van der Waals surface area (Å²) >= 11 is 0. The van der Waals surface area contributed by atoms with E-state index in [1.165, 1.54) is 12.1 Å². The first-order valence-electron chi connectivity index (χ1n) is 11.2. The van der Waals surface area contributed by atoms with Crippen LogP contribution in [0.4, 0.5) is 8.78 Å². The maximum absolute atomic E-state index is 15.2. The summed E-state index contributed by atoms with van der Waals surface area (Å²) in [7, 11) is 0. The first-order chi connectivity index (χ1) is 16.1. The molecule has 0 aliphatic rings. The summed E-state index contributed by atoms with van der Waals surface area (Å²) in [6.45, 7) is 2.85. The monoisotopic (exact) mass is 441 g/mol. The molecule has 4 aromatic rings. The second-order valence-electron chi connectivity index (χ2n) is 8.13. The molecule has 166 valence electrons. The molecule has 0 atom stereocenters. The molecule has 0 aliphatic carbocycles. The SMILES string of the molecule is CCCCOc1ccc(-c2ccc3c(F)c(CCc4ccc(C#N)c(F)c4)ccc3c2)cc1. The Morgan fingerprint density at radius 3 is 2.36 bits per heavy atom. The highest BCUT2D eigenvalue weighted by molar-refractivity contribution is 5.88. The molecule has 0 N–H and O–H groups in total. The maximum atomic E-state index is 15.2. The topological polar surface area (TPSA) is 33.0 Å². The summed E-state index contributed by atoms with van der Waals surface area (Å²) in [5.41, 5.74) is 3.41. The lowest BCUT2D eigenvalue weighted by Crippen LogP contribution is -1.97.